The zero-order chi connectivity index (χ0) is 29.1. The van der Waals surface area contributed by atoms with Gasteiger partial charge in [-0.25, -0.2) is 0 Å². The Morgan fingerprint density at radius 1 is 0.571 bits per heavy atom. The third-order valence-corrected chi connectivity index (χ3v) is 7.94. The summed E-state index contributed by atoms with van der Waals surface area (Å²) in [7, 11) is 0. The van der Waals surface area contributed by atoms with E-state index >= 15 is 0 Å². The average Bonchev–Trinajstić information content (AvgIpc) is 3.60. The Bertz CT molecular complexity index is 1360. The molecule has 0 bridgehead atoms. The summed E-state index contributed by atoms with van der Waals surface area (Å²) in [6.07, 6.45) is 0. The van der Waals surface area contributed by atoms with E-state index in [0.717, 1.165) is 30.8 Å². The summed E-state index contributed by atoms with van der Waals surface area (Å²) in [6.45, 7) is 3.94. The number of nitrogens with zero attached hydrogens (tertiary/aromatic N) is 1. The van der Waals surface area contributed by atoms with Gasteiger partial charge in [0.25, 0.3) is 0 Å². The molecule has 0 aromatic heterocycles. The Balaban J connectivity index is 0.000000211. The number of esters is 2. The van der Waals surface area contributed by atoms with Gasteiger partial charge in [0, 0.05) is 31.5 Å². The molecule has 2 heterocycles. The molecule has 2 aliphatic heterocycles. The van der Waals surface area contributed by atoms with E-state index in [9.17, 15) is 9.59 Å². The van der Waals surface area contributed by atoms with Crippen molar-refractivity contribution >= 4 is 11.9 Å². The summed E-state index contributed by atoms with van der Waals surface area (Å²) in [4.78, 5) is 26.3. The van der Waals surface area contributed by atoms with Crippen LogP contribution in [0.4, 0.5) is 0 Å². The van der Waals surface area contributed by atoms with Gasteiger partial charge in [-0.15, -0.1) is 0 Å². The van der Waals surface area contributed by atoms with Crippen molar-refractivity contribution in [2.24, 2.45) is 17.6 Å². The number of cyclic esters (lactones) is 2. The molecule has 2 N–H and O–H groups in total. The minimum atomic E-state index is -0.185. The van der Waals surface area contributed by atoms with E-state index in [1.807, 2.05) is 72.8 Å². The molecule has 4 unspecified atom stereocenters. The lowest BCUT2D eigenvalue weighted by molar-refractivity contribution is -0.140. The lowest BCUT2D eigenvalue weighted by Crippen LogP contribution is -2.32. The van der Waals surface area contributed by atoms with Crippen LogP contribution in [0, 0.1) is 11.8 Å². The van der Waals surface area contributed by atoms with Gasteiger partial charge in [0.05, 0.1) is 25.0 Å². The van der Waals surface area contributed by atoms with Gasteiger partial charge in [-0.3, -0.25) is 14.5 Å². The van der Waals surface area contributed by atoms with Crippen LogP contribution >= 0.6 is 0 Å². The number of hydrogen-bond acceptors (Lipinski definition) is 6. The molecule has 4 atom stereocenters. The highest BCUT2D eigenvalue weighted by atomic mass is 16.5. The van der Waals surface area contributed by atoms with Crippen molar-refractivity contribution in [3.8, 4) is 0 Å². The second-order valence-corrected chi connectivity index (χ2v) is 10.9. The number of nitrogens with two attached hydrogens (primary N) is 1. The van der Waals surface area contributed by atoms with Gasteiger partial charge in [-0.2, -0.15) is 0 Å². The largest absolute Gasteiger partial charge is 0.465 e. The van der Waals surface area contributed by atoms with Crippen LogP contribution in [0.5, 0.6) is 0 Å². The van der Waals surface area contributed by atoms with E-state index in [4.69, 9.17) is 15.2 Å². The second-order valence-electron chi connectivity index (χ2n) is 10.9. The molecule has 2 saturated heterocycles. The molecule has 42 heavy (non-hydrogen) atoms. The van der Waals surface area contributed by atoms with E-state index in [0.29, 0.717) is 19.8 Å². The highest BCUT2D eigenvalue weighted by Gasteiger charge is 2.39. The van der Waals surface area contributed by atoms with Gasteiger partial charge in [-0.1, -0.05) is 121 Å². The maximum atomic E-state index is 12.4. The minimum absolute atomic E-state index is 0.101. The Hall–Kier alpha value is -4.26. The van der Waals surface area contributed by atoms with E-state index in [1.165, 1.54) is 11.1 Å². The lowest BCUT2D eigenvalue weighted by Gasteiger charge is -2.27. The van der Waals surface area contributed by atoms with Gasteiger partial charge < -0.3 is 15.2 Å². The van der Waals surface area contributed by atoms with Crippen LogP contribution < -0.4 is 5.73 Å². The van der Waals surface area contributed by atoms with Crippen molar-refractivity contribution in [2.45, 2.75) is 24.9 Å². The predicted octanol–water partition coefficient (Wildman–Crippen LogP) is 5.55. The summed E-state index contributed by atoms with van der Waals surface area (Å²) < 4.78 is 10.5. The maximum Gasteiger partial charge on any atom is 0.313 e. The first-order chi connectivity index (χ1) is 20.6. The van der Waals surface area contributed by atoms with Crippen molar-refractivity contribution < 1.29 is 19.1 Å². The molecule has 0 amide bonds. The number of rotatable bonds is 9. The van der Waals surface area contributed by atoms with E-state index in [1.54, 1.807) is 0 Å². The van der Waals surface area contributed by atoms with Crippen molar-refractivity contribution in [2.75, 3.05) is 26.3 Å². The summed E-state index contributed by atoms with van der Waals surface area (Å²) >= 11 is 0. The van der Waals surface area contributed by atoms with E-state index < -0.39 is 0 Å². The van der Waals surface area contributed by atoms with Gasteiger partial charge in [0.1, 0.15) is 0 Å². The monoisotopic (exact) mass is 562 g/mol. The number of ether oxygens (including phenoxy) is 2. The molecule has 0 saturated carbocycles. The molecule has 0 radical (unpaired) electrons. The van der Waals surface area contributed by atoms with Crippen LogP contribution in [0.25, 0.3) is 0 Å². The number of hydrogen-bond donors (Lipinski definition) is 1. The maximum absolute atomic E-state index is 12.4. The van der Waals surface area contributed by atoms with Gasteiger partial charge in [-0.05, 0) is 28.8 Å². The number of carbonyl (C=O) groups excluding carboxylic acids is 2. The van der Waals surface area contributed by atoms with Crippen molar-refractivity contribution in [3.05, 3.63) is 144 Å². The summed E-state index contributed by atoms with van der Waals surface area (Å²) in [5.41, 5.74) is 10.2. The van der Waals surface area contributed by atoms with Crippen LogP contribution in [-0.2, 0) is 32.2 Å². The van der Waals surface area contributed by atoms with Crippen LogP contribution in [-0.4, -0.2) is 43.1 Å². The Morgan fingerprint density at radius 2 is 0.952 bits per heavy atom. The summed E-state index contributed by atoms with van der Waals surface area (Å²) in [6, 6.07) is 40.7. The predicted molar refractivity (Wildman–Crippen MR) is 163 cm³/mol. The fourth-order valence-electron chi connectivity index (χ4n) is 5.83. The molecule has 2 fully saturated rings. The Labute approximate surface area is 248 Å². The molecular weight excluding hydrogens is 524 g/mol. The smallest absolute Gasteiger partial charge is 0.313 e. The SMILES string of the molecule is NCC1COC(=O)C1c1ccccc1.O=C1OCC(CN(Cc2ccccc2)Cc2ccccc2)C1c1ccccc1. The van der Waals surface area contributed by atoms with Gasteiger partial charge >= 0.3 is 11.9 Å². The van der Waals surface area contributed by atoms with Gasteiger partial charge in [0.15, 0.2) is 0 Å². The zero-order valence-corrected chi connectivity index (χ0v) is 23.8. The van der Waals surface area contributed by atoms with Crippen molar-refractivity contribution in [1.29, 1.82) is 0 Å². The van der Waals surface area contributed by atoms with Crippen LogP contribution in [0.3, 0.4) is 0 Å². The van der Waals surface area contributed by atoms with Crippen LogP contribution in [0.1, 0.15) is 34.1 Å². The molecule has 6 rings (SSSR count). The Kier molecular flexibility index (Phi) is 10.1. The molecule has 2 aliphatic rings. The first kappa shape index (κ1) is 29.2. The fraction of sp³-hybridized carbons (Fsp3) is 0.278. The fourth-order valence-corrected chi connectivity index (χ4v) is 5.83. The third-order valence-electron chi connectivity index (χ3n) is 7.94. The highest BCUT2D eigenvalue weighted by Crippen LogP contribution is 2.33. The molecule has 6 heteroatoms. The first-order valence-electron chi connectivity index (χ1n) is 14.6. The third kappa shape index (κ3) is 7.52. The molecule has 4 aromatic rings. The molecule has 0 aliphatic carbocycles. The molecule has 4 aromatic carbocycles. The van der Waals surface area contributed by atoms with Crippen LogP contribution in [0.15, 0.2) is 121 Å². The number of carbonyl (C=O) groups is 2. The molecular formula is C36H38N2O4. The summed E-state index contributed by atoms with van der Waals surface area (Å²) in [5.74, 6) is -0.314. The van der Waals surface area contributed by atoms with E-state index in [2.05, 4.69) is 53.4 Å². The normalized spacial score (nSPS) is 21.4. The van der Waals surface area contributed by atoms with Crippen molar-refractivity contribution in [1.82, 2.24) is 4.90 Å². The molecule has 0 spiro atoms. The lowest BCUT2D eigenvalue weighted by atomic mass is 9.88. The zero-order valence-electron chi connectivity index (χ0n) is 23.8. The quantitative estimate of drug-likeness (QED) is 0.270. The average molecular weight is 563 g/mol. The summed E-state index contributed by atoms with van der Waals surface area (Å²) in [5, 5.41) is 0. The second kappa shape index (κ2) is 14.6. The Morgan fingerprint density at radius 3 is 1.38 bits per heavy atom. The molecule has 6 nitrogen and oxygen atoms in total. The van der Waals surface area contributed by atoms with Crippen LogP contribution in [0.2, 0.25) is 0 Å². The standard InChI is InChI=1S/C25H25NO2.C11H13NO2/c27-25-24(22-14-8-3-9-15-22)23(19-28-25)18-26(16-20-10-4-1-5-11-20)17-21-12-6-2-7-13-21;12-6-9-7-14-11(13)10(9)8-4-2-1-3-5-8/h1-15,23-24H,16-19H2;1-5,9-10H,6-7,12H2. The topological polar surface area (TPSA) is 81.9 Å². The van der Waals surface area contributed by atoms with Gasteiger partial charge in [0.2, 0.25) is 0 Å². The minimum Gasteiger partial charge on any atom is -0.465 e. The first-order valence-corrected chi connectivity index (χ1v) is 14.6. The number of benzene rings is 4. The van der Waals surface area contributed by atoms with Crippen molar-refractivity contribution in [3.63, 3.8) is 0 Å². The van der Waals surface area contributed by atoms with E-state index in [-0.39, 0.29) is 35.6 Å². The highest BCUT2D eigenvalue weighted by molar-refractivity contribution is 5.81. The molecule has 216 valence electrons.